The van der Waals surface area contributed by atoms with Crippen LogP contribution in [0.3, 0.4) is 0 Å². The SMILES string of the molecule is CCC1=NC(=O)C(Oc2ccccc2OC)C(=O)N1. The maximum Gasteiger partial charge on any atom is 0.298 e. The first-order valence-corrected chi connectivity index (χ1v) is 5.87. The van der Waals surface area contributed by atoms with E-state index in [0.717, 1.165) is 0 Å². The number of nitrogens with zero attached hydrogens (tertiary/aromatic N) is 1. The van der Waals surface area contributed by atoms with E-state index >= 15 is 0 Å². The van der Waals surface area contributed by atoms with Gasteiger partial charge in [0.1, 0.15) is 5.84 Å². The number of amides is 2. The van der Waals surface area contributed by atoms with Crippen LogP contribution < -0.4 is 14.8 Å². The van der Waals surface area contributed by atoms with Crippen LogP contribution in [-0.2, 0) is 9.59 Å². The van der Waals surface area contributed by atoms with Gasteiger partial charge >= 0.3 is 0 Å². The van der Waals surface area contributed by atoms with E-state index in [9.17, 15) is 9.59 Å². The molecule has 1 heterocycles. The van der Waals surface area contributed by atoms with Crippen molar-refractivity contribution in [3.8, 4) is 11.5 Å². The summed E-state index contributed by atoms with van der Waals surface area (Å²) in [5, 5.41) is 2.53. The quantitative estimate of drug-likeness (QED) is 0.818. The standard InChI is InChI=1S/C13H14N2O4/c1-3-10-14-12(16)11(13(17)15-10)19-9-7-5-4-6-8(9)18-2/h4-7,11H,3H2,1-2H3,(H,14,15,16,17). The van der Waals surface area contributed by atoms with E-state index in [0.29, 0.717) is 23.8 Å². The van der Waals surface area contributed by atoms with Gasteiger partial charge in [0.05, 0.1) is 7.11 Å². The Hall–Kier alpha value is -2.37. The molecule has 19 heavy (non-hydrogen) atoms. The van der Waals surface area contributed by atoms with Crippen LogP contribution in [0.2, 0.25) is 0 Å². The summed E-state index contributed by atoms with van der Waals surface area (Å²) in [4.78, 5) is 27.3. The van der Waals surface area contributed by atoms with E-state index in [1.54, 1.807) is 31.2 Å². The van der Waals surface area contributed by atoms with Gasteiger partial charge in [0.25, 0.3) is 17.9 Å². The van der Waals surface area contributed by atoms with Gasteiger partial charge in [-0.25, -0.2) is 0 Å². The maximum absolute atomic E-state index is 11.8. The third-order valence-corrected chi connectivity index (χ3v) is 2.62. The number of nitrogens with one attached hydrogen (secondary N) is 1. The molecule has 0 saturated heterocycles. The molecule has 100 valence electrons. The smallest absolute Gasteiger partial charge is 0.298 e. The Kier molecular flexibility index (Phi) is 3.79. The Morgan fingerprint density at radius 1 is 1.26 bits per heavy atom. The molecule has 1 aromatic carbocycles. The van der Waals surface area contributed by atoms with Crippen LogP contribution in [0.4, 0.5) is 0 Å². The lowest BCUT2D eigenvalue weighted by Gasteiger charge is -2.21. The van der Waals surface area contributed by atoms with Crippen LogP contribution in [-0.4, -0.2) is 30.9 Å². The molecule has 2 amide bonds. The van der Waals surface area contributed by atoms with Crippen molar-refractivity contribution in [2.24, 2.45) is 4.99 Å². The molecular formula is C13H14N2O4. The Bertz CT molecular complexity index is 539. The van der Waals surface area contributed by atoms with Crippen molar-refractivity contribution >= 4 is 17.6 Å². The third kappa shape index (κ3) is 2.73. The molecule has 6 heteroatoms. The number of hydrogen-bond donors (Lipinski definition) is 1. The molecule has 1 aromatic rings. The van der Waals surface area contributed by atoms with Gasteiger partial charge in [-0.15, -0.1) is 0 Å². The van der Waals surface area contributed by atoms with E-state index in [-0.39, 0.29) is 0 Å². The summed E-state index contributed by atoms with van der Waals surface area (Å²) >= 11 is 0. The topological polar surface area (TPSA) is 77.0 Å². The predicted molar refractivity (Wildman–Crippen MR) is 68.3 cm³/mol. The molecule has 0 fully saturated rings. The Morgan fingerprint density at radius 3 is 2.53 bits per heavy atom. The van der Waals surface area contributed by atoms with E-state index < -0.39 is 17.9 Å². The van der Waals surface area contributed by atoms with Gasteiger partial charge in [0.2, 0.25) is 0 Å². The number of methoxy groups -OCH3 is 1. The number of rotatable bonds is 4. The van der Waals surface area contributed by atoms with Crippen LogP contribution in [0.15, 0.2) is 29.3 Å². The van der Waals surface area contributed by atoms with Gasteiger partial charge in [-0.3, -0.25) is 9.59 Å². The molecule has 1 unspecified atom stereocenters. The van der Waals surface area contributed by atoms with Gasteiger partial charge in [0, 0.05) is 6.42 Å². The second-order valence-corrected chi connectivity index (χ2v) is 3.89. The number of carbonyl (C=O) groups is 2. The van der Waals surface area contributed by atoms with Gasteiger partial charge in [-0.05, 0) is 12.1 Å². The second kappa shape index (κ2) is 5.51. The molecule has 0 bridgehead atoms. The van der Waals surface area contributed by atoms with Crippen LogP contribution in [0, 0.1) is 0 Å². The minimum absolute atomic E-state index is 0.327. The van der Waals surface area contributed by atoms with Gasteiger partial charge in [-0.1, -0.05) is 19.1 Å². The molecule has 2 rings (SSSR count). The lowest BCUT2D eigenvalue weighted by atomic mass is 10.2. The van der Waals surface area contributed by atoms with Crippen LogP contribution in [0.1, 0.15) is 13.3 Å². The number of hydrogen-bond acceptors (Lipinski definition) is 4. The second-order valence-electron chi connectivity index (χ2n) is 3.89. The number of para-hydroxylation sites is 2. The largest absolute Gasteiger partial charge is 0.493 e. The van der Waals surface area contributed by atoms with Crippen molar-refractivity contribution in [3.63, 3.8) is 0 Å². The molecule has 6 nitrogen and oxygen atoms in total. The van der Waals surface area contributed by atoms with Crippen LogP contribution >= 0.6 is 0 Å². The molecule has 1 atom stereocenters. The predicted octanol–water partition coefficient (Wildman–Crippen LogP) is 0.907. The third-order valence-electron chi connectivity index (χ3n) is 2.62. The van der Waals surface area contributed by atoms with Crippen molar-refractivity contribution in [3.05, 3.63) is 24.3 Å². The Morgan fingerprint density at radius 2 is 1.95 bits per heavy atom. The van der Waals surface area contributed by atoms with Crippen molar-refractivity contribution in [1.29, 1.82) is 0 Å². The fourth-order valence-electron chi connectivity index (χ4n) is 1.65. The number of amidine groups is 1. The number of aliphatic imine (C=N–C) groups is 1. The van der Waals surface area contributed by atoms with Crippen molar-refractivity contribution in [1.82, 2.24) is 5.32 Å². The summed E-state index contributed by atoms with van der Waals surface area (Å²) in [5.74, 6) is 0.0196. The highest BCUT2D eigenvalue weighted by molar-refractivity contribution is 6.17. The summed E-state index contributed by atoms with van der Waals surface area (Å²) < 4.78 is 10.5. The minimum Gasteiger partial charge on any atom is -0.493 e. The van der Waals surface area contributed by atoms with E-state index in [1.165, 1.54) is 7.11 Å². The Balaban J connectivity index is 2.22. The fourth-order valence-corrected chi connectivity index (χ4v) is 1.65. The molecule has 0 radical (unpaired) electrons. The first kappa shape index (κ1) is 13.1. The molecule has 0 aromatic heterocycles. The highest BCUT2D eigenvalue weighted by Gasteiger charge is 2.34. The molecule has 1 N–H and O–H groups in total. The fraction of sp³-hybridized carbons (Fsp3) is 0.308. The van der Waals surface area contributed by atoms with Crippen LogP contribution in [0.25, 0.3) is 0 Å². The number of ether oxygens (including phenoxy) is 2. The first-order valence-electron chi connectivity index (χ1n) is 5.87. The molecule has 0 spiro atoms. The molecule has 1 aliphatic rings. The number of benzene rings is 1. The van der Waals surface area contributed by atoms with Gasteiger partial charge < -0.3 is 14.8 Å². The summed E-state index contributed by atoms with van der Waals surface area (Å²) in [6.45, 7) is 1.80. The minimum atomic E-state index is -1.27. The lowest BCUT2D eigenvalue weighted by molar-refractivity contribution is -0.137. The summed E-state index contributed by atoms with van der Waals surface area (Å²) in [5.41, 5.74) is 0. The average molecular weight is 262 g/mol. The van der Waals surface area contributed by atoms with E-state index in [4.69, 9.17) is 9.47 Å². The highest BCUT2D eigenvalue weighted by Crippen LogP contribution is 2.27. The molecule has 0 saturated carbocycles. The zero-order valence-electron chi connectivity index (χ0n) is 10.7. The van der Waals surface area contributed by atoms with E-state index in [1.807, 2.05) is 0 Å². The van der Waals surface area contributed by atoms with Crippen molar-refractivity contribution in [2.45, 2.75) is 19.4 Å². The van der Waals surface area contributed by atoms with Crippen molar-refractivity contribution < 1.29 is 19.1 Å². The highest BCUT2D eigenvalue weighted by atomic mass is 16.5. The van der Waals surface area contributed by atoms with Gasteiger partial charge in [0.15, 0.2) is 11.5 Å². The summed E-state index contributed by atoms with van der Waals surface area (Å²) in [6.07, 6.45) is -0.787. The Labute approximate surface area is 110 Å². The zero-order chi connectivity index (χ0) is 13.8. The molecular weight excluding hydrogens is 248 g/mol. The maximum atomic E-state index is 11.8. The van der Waals surface area contributed by atoms with E-state index in [2.05, 4.69) is 10.3 Å². The van der Waals surface area contributed by atoms with Crippen molar-refractivity contribution in [2.75, 3.05) is 7.11 Å². The number of carbonyl (C=O) groups excluding carboxylic acids is 2. The summed E-state index contributed by atoms with van der Waals surface area (Å²) in [7, 11) is 1.48. The van der Waals surface area contributed by atoms with Crippen LogP contribution in [0.5, 0.6) is 11.5 Å². The lowest BCUT2D eigenvalue weighted by Crippen LogP contribution is -2.50. The first-order chi connectivity index (χ1) is 9.15. The monoisotopic (exact) mass is 262 g/mol. The zero-order valence-corrected chi connectivity index (χ0v) is 10.7. The molecule has 0 aliphatic carbocycles. The average Bonchev–Trinajstić information content (AvgIpc) is 2.43. The summed E-state index contributed by atoms with van der Waals surface area (Å²) in [6, 6.07) is 6.80. The molecule has 1 aliphatic heterocycles. The normalized spacial score (nSPS) is 18.6. The van der Waals surface area contributed by atoms with Gasteiger partial charge in [-0.2, -0.15) is 4.99 Å².